The van der Waals surface area contributed by atoms with Crippen molar-refractivity contribution in [2.75, 3.05) is 26.2 Å². The van der Waals surface area contributed by atoms with Gasteiger partial charge in [-0.25, -0.2) is 13.6 Å². The summed E-state index contributed by atoms with van der Waals surface area (Å²) in [6.45, 7) is 4.16. The maximum Gasteiger partial charge on any atom is 0.318 e. The first-order valence-corrected chi connectivity index (χ1v) is 8.79. The van der Waals surface area contributed by atoms with Gasteiger partial charge in [-0.05, 0) is 43.7 Å². The smallest absolute Gasteiger partial charge is 0.318 e. The fraction of sp³-hybridized carbons (Fsp3) is 0.556. The molecule has 2 fully saturated rings. The standard InChI is InChI=1S/C18H23F2N3O2/c1-2-22-11-8-15(17(22)24)21-18(25)23-9-6-12(7-10-23)13-4-3-5-14(19)16(13)20/h3-5,12,15H,2,6-11H2,1H3,(H,21,25). The van der Waals surface area contributed by atoms with Gasteiger partial charge < -0.3 is 15.1 Å². The van der Waals surface area contributed by atoms with Gasteiger partial charge in [0.05, 0.1) is 0 Å². The number of likely N-dealkylation sites (N-methyl/N-ethyl adjacent to an activating group) is 1. The van der Waals surface area contributed by atoms with E-state index in [4.69, 9.17) is 0 Å². The molecule has 2 saturated heterocycles. The fourth-order valence-corrected chi connectivity index (χ4v) is 3.66. The van der Waals surface area contributed by atoms with Crippen molar-refractivity contribution in [1.29, 1.82) is 0 Å². The predicted molar refractivity (Wildman–Crippen MR) is 89.1 cm³/mol. The summed E-state index contributed by atoms with van der Waals surface area (Å²) in [4.78, 5) is 27.8. The van der Waals surface area contributed by atoms with E-state index < -0.39 is 17.7 Å². The fourth-order valence-electron chi connectivity index (χ4n) is 3.66. The van der Waals surface area contributed by atoms with E-state index in [0.717, 1.165) is 6.07 Å². The summed E-state index contributed by atoms with van der Waals surface area (Å²) in [5.74, 6) is -1.75. The van der Waals surface area contributed by atoms with E-state index in [1.165, 1.54) is 6.07 Å². The quantitative estimate of drug-likeness (QED) is 0.910. The molecule has 1 N–H and O–H groups in total. The highest BCUT2D eigenvalue weighted by Crippen LogP contribution is 2.30. The summed E-state index contributed by atoms with van der Waals surface area (Å²) in [5, 5.41) is 2.80. The van der Waals surface area contributed by atoms with E-state index in [1.807, 2.05) is 6.92 Å². The number of rotatable bonds is 3. The maximum atomic E-state index is 13.9. The number of benzene rings is 1. The molecule has 5 nitrogen and oxygen atoms in total. The lowest BCUT2D eigenvalue weighted by molar-refractivity contribution is -0.129. The van der Waals surface area contributed by atoms with Crippen LogP contribution in [-0.4, -0.2) is 54.0 Å². The first-order valence-electron chi connectivity index (χ1n) is 8.79. The van der Waals surface area contributed by atoms with Gasteiger partial charge in [0, 0.05) is 26.2 Å². The Morgan fingerprint density at radius 2 is 1.92 bits per heavy atom. The topological polar surface area (TPSA) is 52.7 Å². The Morgan fingerprint density at radius 3 is 2.56 bits per heavy atom. The lowest BCUT2D eigenvalue weighted by Gasteiger charge is -2.33. The summed E-state index contributed by atoms with van der Waals surface area (Å²) < 4.78 is 27.3. The number of halogens is 2. The summed E-state index contributed by atoms with van der Waals surface area (Å²) in [6, 6.07) is 3.52. The minimum atomic E-state index is -0.835. The van der Waals surface area contributed by atoms with Gasteiger partial charge in [-0.3, -0.25) is 4.79 Å². The van der Waals surface area contributed by atoms with E-state index in [9.17, 15) is 18.4 Å². The number of amides is 3. The molecule has 1 aromatic rings. The number of hydrogen-bond acceptors (Lipinski definition) is 2. The Balaban J connectivity index is 1.54. The molecular formula is C18H23F2N3O2. The maximum absolute atomic E-state index is 13.9. The molecular weight excluding hydrogens is 328 g/mol. The van der Waals surface area contributed by atoms with Crippen LogP contribution in [0.1, 0.15) is 37.7 Å². The summed E-state index contributed by atoms with van der Waals surface area (Å²) in [7, 11) is 0. The Kier molecular flexibility index (Phi) is 5.20. The van der Waals surface area contributed by atoms with Crippen LogP contribution in [0.15, 0.2) is 18.2 Å². The number of hydrogen-bond donors (Lipinski definition) is 1. The lowest BCUT2D eigenvalue weighted by atomic mass is 9.89. The molecule has 1 unspecified atom stereocenters. The second kappa shape index (κ2) is 7.37. The van der Waals surface area contributed by atoms with Gasteiger partial charge in [-0.15, -0.1) is 0 Å². The highest BCUT2D eigenvalue weighted by molar-refractivity contribution is 5.88. The number of carbonyl (C=O) groups is 2. The van der Waals surface area contributed by atoms with Crippen molar-refractivity contribution in [3.63, 3.8) is 0 Å². The summed E-state index contributed by atoms with van der Waals surface area (Å²) in [6.07, 6.45) is 1.78. The third kappa shape index (κ3) is 3.60. The van der Waals surface area contributed by atoms with Gasteiger partial charge in [-0.1, -0.05) is 12.1 Å². The molecule has 2 aliphatic rings. The van der Waals surface area contributed by atoms with E-state index in [1.54, 1.807) is 15.9 Å². The van der Waals surface area contributed by atoms with Crippen molar-refractivity contribution in [1.82, 2.24) is 15.1 Å². The molecule has 0 bridgehead atoms. The number of carbonyl (C=O) groups excluding carboxylic acids is 2. The van der Waals surface area contributed by atoms with Crippen LogP contribution < -0.4 is 5.32 Å². The van der Waals surface area contributed by atoms with Crippen LogP contribution in [0.25, 0.3) is 0 Å². The summed E-state index contributed by atoms with van der Waals surface area (Å²) in [5.41, 5.74) is 0.379. The Bertz CT molecular complexity index is 660. The molecule has 0 spiro atoms. The molecule has 0 aromatic heterocycles. The second-order valence-corrected chi connectivity index (χ2v) is 6.61. The van der Waals surface area contributed by atoms with Gasteiger partial charge >= 0.3 is 6.03 Å². The van der Waals surface area contributed by atoms with Gasteiger partial charge in [0.15, 0.2) is 11.6 Å². The molecule has 7 heteroatoms. The van der Waals surface area contributed by atoms with Gasteiger partial charge in [0.2, 0.25) is 5.91 Å². The molecule has 3 amide bonds. The number of piperidine rings is 1. The van der Waals surface area contributed by atoms with E-state index in [2.05, 4.69) is 5.32 Å². The normalized spacial score (nSPS) is 21.7. The highest BCUT2D eigenvalue weighted by atomic mass is 19.2. The van der Waals surface area contributed by atoms with Crippen molar-refractivity contribution in [3.05, 3.63) is 35.4 Å². The van der Waals surface area contributed by atoms with Gasteiger partial charge in [0.1, 0.15) is 6.04 Å². The minimum Gasteiger partial charge on any atom is -0.341 e. The second-order valence-electron chi connectivity index (χ2n) is 6.61. The van der Waals surface area contributed by atoms with Gasteiger partial charge in [-0.2, -0.15) is 0 Å². The van der Waals surface area contributed by atoms with Crippen LogP contribution in [-0.2, 0) is 4.79 Å². The van der Waals surface area contributed by atoms with Crippen molar-refractivity contribution < 1.29 is 18.4 Å². The van der Waals surface area contributed by atoms with Crippen molar-refractivity contribution in [2.24, 2.45) is 0 Å². The van der Waals surface area contributed by atoms with E-state index in [-0.39, 0.29) is 17.9 Å². The lowest BCUT2D eigenvalue weighted by Crippen LogP contribution is -2.50. The first kappa shape index (κ1) is 17.6. The average molecular weight is 351 g/mol. The molecule has 0 aliphatic carbocycles. The predicted octanol–water partition coefficient (Wildman–Crippen LogP) is 2.47. The van der Waals surface area contributed by atoms with E-state index >= 15 is 0 Å². The molecule has 25 heavy (non-hydrogen) atoms. The monoisotopic (exact) mass is 351 g/mol. The molecule has 3 rings (SSSR count). The Morgan fingerprint density at radius 1 is 1.20 bits per heavy atom. The minimum absolute atomic E-state index is 0.0347. The zero-order valence-electron chi connectivity index (χ0n) is 14.3. The average Bonchev–Trinajstić information content (AvgIpc) is 2.97. The molecule has 2 heterocycles. The molecule has 0 radical (unpaired) electrons. The van der Waals surface area contributed by atoms with Crippen molar-refractivity contribution >= 4 is 11.9 Å². The molecule has 2 aliphatic heterocycles. The van der Waals surface area contributed by atoms with Crippen LogP contribution in [0, 0.1) is 11.6 Å². The Hall–Kier alpha value is -2.18. The third-order valence-corrected chi connectivity index (χ3v) is 5.18. The Labute approximate surface area is 146 Å². The first-order chi connectivity index (χ1) is 12.0. The number of nitrogens with zero attached hydrogens (tertiary/aromatic N) is 2. The molecule has 1 atom stereocenters. The molecule has 0 saturated carbocycles. The van der Waals surface area contributed by atoms with Crippen LogP contribution in [0.2, 0.25) is 0 Å². The van der Waals surface area contributed by atoms with Crippen molar-refractivity contribution in [2.45, 2.75) is 38.1 Å². The van der Waals surface area contributed by atoms with Crippen LogP contribution >= 0.6 is 0 Å². The summed E-state index contributed by atoms with van der Waals surface area (Å²) >= 11 is 0. The van der Waals surface area contributed by atoms with E-state index in [0.29, 0.717) is 51.0 Å². The van der Waals surface area contributed by atoms with Gasteiger partial charge in [0.25, 0.3) is 0 Å². The largest absolute Gasteiger partial charge is 0.341 e. The number of nitrogens with one attached hydrogen (secondary N) is 1. The van der Waals surface area contributed by atoms with Crippen LogP contribution in [0.4, 0.5) is 13.6 Å². The van der Waals surface area contributed by atoms with Crippen molar-refractivity contribution in [3.8, 4) is 0 Å². The third-order valence-electron chi connectivity index (χ3n) is 5.18. The number of likely N-dealkylation sites (tertiary alicyclic amines) is 2. The van der Waals surface area contributed by atoms with Crippen LogP contribution in [0.5, 0.6) is 0 Å². The highest BCUT2D eigenvalue weighted by Gasteiger charge is 2.33. The number of urea groups is 1. The molecule has 136 valence electrons. The van der Waals surface area contributed by atoms with Crippen LogP contribution in [0.3, 0.4) is 0 Å². The zero-order chi connectivity index (χ0) is 18.0. The SMILES string of the molecule is CCN1CCC(NC(=O)N2CCC(c3cccc(F)c3F)CC2)C1=O. The zero-order valence-corrected chi connectivity index (χ0v) is 14.3. The molecule has 1 aromatic carbocycles.